The quantitative estimate of drug-likeness (QED) is 0.855. The maximum atomic E-state index is 10.4. The third-order valence-corrected chi connectivity index (χ3v) is 5.23. The summed E-state index contributed by atoms with van der Waals surface area (Å²) < 4.78 is 16.9. The molecule has 1 saturated heterocycles. The Morgan fingerprint density at radius 3 is 2.40 bits per heavy atom. The van der Waals surface area contributed by atoms with Gasteiger partial charge in [0.1, 0.15) is 19.0 Å². The van der Waals surface area contributed by atoms with E-state index >= 15 is 0 Å². The van der Waals surface area contributed by atoms with Crippen molar-refractivity contribution in [2.24, 2.45) is 11.8 Å². The Labute approximate surface area is 150 Å². The smallest absolute Gasteiger partial charge is 0.165 e. The van der Waals surface area contributed by atoms with Gasteiger partial charge in [-0.25, -0.2) is 0 Å². The summed E-state index contributed by atoms with van der Waals surface area (Å²) >= 11 is 0. The molecule has 5 heteroatoms. The van der Waals surface area contributed by atoms with E-state index in [2.05, 4.69) is 18.7 Å². The van der Waals surface area contributed by atoms with Crippen molar-refractivity contribution in [1.82, 2.24) is 4.90 Å². The Morgan fingerprint density at radius 1 is 1.16 bits per heavy atom. The number of aliphatic hydroxyl groups excluding tert-OH is 1. The standard InChI is InChI=1S/C20H31NO4/c1-14(2)10-17(22)15-4-6-21(7-5-15)13-16-11-19-20(12-18(16)23-3)25-9-8-24-19/h11-12,14-15,17,22H,4-10,13H2,1-3H3/t17-/m0/s1. The summed E-state index contributed by atoms with van der Waals surface area (Å²) in [5.74, 6) is 3.41. The zero-order chi connectivity index (χ0) is 17.8. The topological polar surface area (TPSA) is 51.2 Å². The minimum Gasteiger partial charge on any atom is -0.496 e. The molecule has 1 aromatic carbocycles. The van der Waals surface area contributed by atoms with Gasteiger partial charge in [-0.2, -0.15) is 0 Å². The van der Waals surface area contributed by atoms with Gasteiger partial charge in [0, 0.05) is 18.2 Å². The molecular weight excluding hydrogens is 318 g/mol. The molecule has 1 N–H and O–H groups in total. The maximum absolute atomic E-state index is 10.4. The molecule has 0 bridgehead atoms. The molecule has 25 heavy (non-hydrogen) atoms. The molecule has 1 atom stereocenters. The SMILES string of the molecule is COc1cc2c(cc1CN1CCC([C@@H](O)CC(C)C)CC1)OCCO2. The Kier molecular flexibility index (Phi) is 6.07. The molecule has 0 radical (unpaired) electrons. The summed E-state index contributed by atoms with van der Waals surface area (Å²) in [5, 5.41) is 10.4. The van der Waals surface area contributed by atoms with E-state index in [4.69, 9.17) is 14.2 Å². The van der Waals surface area contributed by atoms with E-state index < -0.39 is 0 Å². The third-order valence-electron chi connectivity index (χ3n) is 5.23. The number of rotatable bonds is 6. The summed E-state index contributed by atoms with van der Waals surface area (Å²) in [6.45, 7) is 8.39. The Morgan fingerprint density at radius 2 is 1.80 bits per heavy atom. The number of ether oxygens (including phenoxy) is 3. The Balaban J connectivity index is 1.60. The van der Waals surface area contributed by atoms with Gasteiger partial charge in [0.05, 0.1) is 13.2 Å². The van der Waals surface area contributed by atoms with E-state index in [1.165, 1.54) is 0 Å². The zero-order valence-electron chi connectivity index (χ0n) is 15.7. The molecule has 140 valence electrons. The van der Waals surface area contributed by atoms with Crippen LogP contribution in [0.2, 0.25) is 0 Å². The van der Waals surface area contributed by atoms with Crippen molar-refractivity contribution in [1.29, 1.82) is 0 Å². The van der Waals surface area contributed by atoms with Crippen LogP contribution in [0.5, 0.6) is 17.2 Å². The highest BCUT2D eigenvalue weighted by atomic mass is 16.6. The summed E-state index contributed by atoms with van der Waals surface area (Å²) in [4.78, 5) is 2.44. The van der Waals surface area contributed by atoms with Gasteiger partial charge in [0.25, 0.3) is 0 Å². The first-order valence-electron chi connectivity index (χ1n) is 9.43. The van der Waals surface area contributed by atoms with Crippen LogP contribution < -0.4 is 14.2 Å². The van der Waals surface area contributed by atoms with Crippen LogP contribution in [0.4, 0.5) is 0 Å². The van der Waals surface area contributed by atoms with Crippen LogP contribution in [0.3, 0.4) is 0 Å². The number of benzene rings is 1. The van der Waals surface area contributed by atoms with Crippen molar-refractivity contribution in [3.8, 4) is 17.2 Å². The average molecular weight is 349 g/mol. The number of aliphatic hydroxyl groups is 1. The first-order valence-corrected chi connectivity index (χ1v) is 9.43. The van der Waals surface area contributed by atoms with E-state index in [1.807, 2.05) is 12.1 Å². The molecule has 0 aliphatic carbocycles. The van der Waals surface area contributed by atoms with Crippen LogP contribution in [0.1, 0.15) is 38.7 Å². The van der Waals surface area contributed by atoms with E-state index in [9.17, 15) is 5.11 Å². The number of piperidine rings is 1. The molecular formula is C20H31NO4. The van der Waals surface area contributed by atoms with E-state index in [0.717, 1.165) is 61.7 Å². The molecule has 1 aromatic rings. The molecule has 2 aliphatic rings. The fourth-order valence-electron chi connectivity index (χ4n) is 3.84. The zero-order valence-corrected chi connectivity index (χ0v) is 15.7. The first kappa shape index (κ1) is 18.3. The highest BCUT2D eigenvalue weighted by Crippen LogP contribution is 2.37. The van der Waals surface area contributed by atoms with Gasteiger partial charge in [-0.05, 0) is 50.3 Å². The summed E-state index contributed by atoms with van der Waals surface area (Å²) in [7, 11) is 1.70. The van der Waals surface area contributed by atoms with Crippen LogP contribution in [0.25, 0.3) is 0 Å². The molecule has 0 unspecified atom stereocenters. The largest absolute Gasteiger partial charge is 0.496 e. The van der Waals surface area contributed by atoms with E-state index in [-0.39, 0.29) is 6.10 Å². The van der Waals surface area contributed by atoms with Crippen LogP contribution in [-0.2, 0) is 6.54 Å². The number of fused-ring (bicyclic) bond motifs is 1. The van der Waals surface area contributed by atoms with Gasteiger partial charge in [-0.3, -0.25) is 4.90 Å². The van der Waals surface area contributed by atoms with Crippen molar-refractivity contribution in [2.45, 2.75) is 45.8 Å². The fourth-order valence-corrected chi connectivity index (χ4v) is 3.84. The normalized spacial score (nSPS) is 19.9. The minimum absolute atomic E-state index is 0.161. The monoisotopic (exact) mass is 349 g/mol. The van der Waals surface area contributed by atoms with E-state index in [0.29, 0.717) is 25.0 Å². The van der Waals surface area contributed by atoms with Crippen molar-refractivity contribution >= 4 is 0 Å². The van der Waals surface area contributed by atoms with Crippen molar-refractivity contribution < 1.29 is 19.3 Å². The minimum atomic E-state index is -0.161. The molecule has 0 saturated carbocycles. The van der Waals surface area contributed by atoms with Gasteiger partial charge in [0.15, 0.2) is 11.5 Å². The molecule has 0 amide bonds. The third kappa shape index (κ3) is 4.59. The second-order valence-electron chi connectivity index (χ2n) is 7.62. The van der Waals surface area contributed by atoms with Crippen LogP contribution in [-0.4, -0.2) is 49.5 Å². The summed E-state index contributed by atoms with van der Waals surface area (Å²) in [6.07, 6.45) is 2.85. The van der Waals surface area contributed by atoms with Crippen LogP contribution in [0, 0.1) is 11.8 Å². The lowest BCUT2D eigenvalue weighted by molar-refractivity contribution is 0.0434. The Hall–Kier alpha value is -1.46. The van der Waals surface area contributed by atoms with Gasteiger partial charge < -0.3 is 19.3 Å². The lowest BCUT2D eigenvalue weighted by Crippen LogP contribution is -2.37. The fraction of sp³-hybridized carbons (Fsp3) is 0.700. The van der Waals surface area contributed by atoms with E-state index in [1.54, 1.807) is 7.11 Å². The van der Waals surface area contributed by atoms with Crippen molar-refractivity contribution in [3.05, 3.63) is 17.7 Å². The molecule has 5 nitrogen and oxygen atoms in total. The van der Waals surface area contributed by atoms with Crippen molar-refractivity contribution in [2.75, 3.05) is 33.4 Å². The van der Waals surface area contributed by atoms with Crippen LogP contribution in [0.15, 0.2) is 12.1 Å². The van der Waals surface area contributed by atoms with Gasteiger partial charge in [-0.15, -0.1) is 0 Å². The Bertz CT molecular complexity index is 567. The molecule has 2 heterocycles. The molecule has 1 fully saturated rings. The molecule has 0 spiro atoms. The number of hydrogen-bond acceptors (Lipinski definition) is 5. The second-order valence-corrected chi connectivity index (χ2v) is 7.62. The number of nitrogens with zero attached hydrogens (tertiary/aromatic N) is 1. The maximum Gasteiger partial charge on any atom is 0.165 e. The molecule has 0 aromatic heterocycles. The number of hydrogen-bond donors (Lipinski definition) is 1. The predicted octanol–water partition coefficient (Wildman–Crippen LogP) is 3.09. The number of likely N-dealkylation sites (tertiary alicyclic amines) is 1. The lowest BCUT2D eigenvalue weighted by atomic mass is 9.87. The van der Waals surface area contributed by atoms with Crippen molar-refractivity contribution in [3.63, 3.8) is 0 Å². The van der Waals surface area contributed by atoms with Gasteiger partial charge >= 0.3 is 0 Å². The summed E-state index contributed by atoms with van der Waals surface area (Å²) in [6, 6.07) is 3.98. The lowest BCUT2D eigenvalue weighted by Gasteiger charge is -2.35. The molecule has 2 aliphatic heterocycles. The summed E-state index contributed by atoms with van der Waals surface area (Å²) in [5.41, 5.74) is 1.13. The average Bonchev–Trinajstić information content (AvgIpc) is 2.61. The van der Waals surface area contributed by atoms with Gasteiger partial charge in [-0.1, -0.05) is 13.8 Å². The van der Waals surface area contributed by atoms with Crippen LogP contribution >= 0.6 is 0 Å². The predicted molar refractivity (Wildman–Crippen MR) is 97.4 cm³/mol. The molecule has 3 rings (SSSR count). The van der Waals surface area contributed by atoms with Gasteiger partial charge in [0.2, 0.25) is 0 Å². The highest BCUT2D eigenvalue weighted by molar-refractivity contribution is 5.51. The first-order chi connectivity index (χ1) is 12.1. The number of methoxy groups -OCH3 is 1. The second kappa shape index (κ2) is 8.28. The highest BCUT2D eigenvalue weighted by Gasteiger charge is 2.26.